The Labute approximate surface area is 159 Å². The van der Waals surface area contributed by atoms with E-state index in [0.717, 1.165) is 5.56 Å². The van der Waals surface area contributed by atoms with Crippen LogP contribution in [0.3, 0.4) is 0 Å². The topological polar surface area (TPSA) is 120 Å². The quantitative estimate of drug-likeness (QED) is 0.569. The Morgan fingerprint density at radius 1 is 1.07 bits per heavy atom. The molecule has 0 saturated heterocycles. The van der Waals surface area contributed by atoms with Crippen molar-refractivity contribution in [2.24, 2.45) is 5.73 Å². The number of amides is 3. The molecule has 1 aromatic rings. The zero-order valence-electron chi connectivity index (χ0n) is 16.1. The van der Waals surface area contributed by atoms with Crippen LogP contribution in [0.15, 0.2) is 30.3 Å². The van der Waals surface area contributed by atoms with Crippen LogP contribution in [0.2, 0.25) is 0 Å². The number of hydrogen-bond donors (Lipinski definition) is 3. The van der Waals surface area contributed by atoms with Gasteiger partial charge in [0.2, 0.25) is 5.91 Å². The average Bonchev–Trinajstić information content (AvgIpc) is 2.57. The lowest BCUT2D eigenvalue weighted by molar-refractivity contribution is -0.120. The number of carbonyl (C=O) groups excluding carboxylic acids is 3. The number of nitrogens with one attached hydrogen (secondary N) is 2. The van der Waals surface area contributed by atoms with E-state index < -0.39 is 29.7 Å². The minimum Gasteiger partial charge on any atom is -0.445 e. The summed E-state index contributed by atoms with van der Waals surface area (Å²) >= 11 is 0. The molecular weight excluding hydrogens is 350 g/mol. The summed E-state index contributed by atoms with van der Waals surface area (Å²) in [6.45, 7) is 5.86. The predicted octanol–water partition coefficient (Wildman–Crippen LogP) is 2.46. The maximum Gasteiger partial charge on any atom is 0.408 e. The number of carbonyl (C=O) groups is 3. The number of ether oxygens (including phenoxy) is 2. The van der Waals surface area contributed by atoms with E-state index in [-0.39, 0.29) is 6.61 Å². The van der Waals surface area contributed by atoms with Crippen LogP contribution < -0.4 is 16.4 Å². The van der Waals surface area contributed by atoms with Crippen molar-refractivity contribution in [3.8, 4) is 0 Å². The first-order valence-electron chi connectivity index (χ1n) is 8.91. The van der Waals surface area contributed by atoms with Gasteiger partial charge < -0.3 is 25.8 Å². The molecule has 1 aromatic carbocycles. The van der Waals surface area contributed by atoms with Gasteiger partial charge >= 0.3 is 12.2 Å². The van der Waals surface area contributed by atoms with Crippen molar-refractivity contribution in [1.82, 2.24) is 10.6 Å². The van der Waals surface area contributed by atoms with E-state index in [1.54, 1.807) is 20.8 Å². The molecule has 4 N–H and O–H groups in total. The van der Waals surface area contributed by atoms with Crippen LogP contribution in [0.5, 0.6) is 0 Å². The third-order valence-corrected chi connectivity index (χ3v) is 3.44. The van der Waals surface area contributed by atoms with Gasteiger partial charge in [-0.2, -0.15) is 0 Å². The van der Waals surface area contributed by atoms with E-state index in [1.165, 1.54) is 0 Å². The Hall–Kier alpha value is -2.77. The van der Waals surface area contributed by atoms with E-state index in [4.69, 9.17) is 15.2 Å². The second-order valence-corrected chi connectivity index (χ2v) is 7.09. The van der Waals surface area contributed by atoms with Crippen LogP contribution in [0.4, 0.5) is 9.59 Å². The van der Waals surface area contributed by atoms with Crippen molar-refractivity contribution in [3.63, 3.8) is 0 Å². The third kappa shape index (κ3) is 10.7. The fourth-order valence-corrected chi connectivity index (χ4v) is 2.17. The second kappa shape index (κ2) is 11.1. The van der Waals surface area contributed by atoms with Crippen LogP contribution in [0, 0.1) is 0 Å². The summed E-state index contributed by atoms with van der Waals surface area (Å²) in [5.74, 6) is -0.633. The molecular formula is C19H29N3O5. The number of nitrogens with two attached hydrogens (primary N) is 1. The van der Waals surface area contributed by atoms with Crippen molar-refractivity contribution in [1.29, 1.82) is 0 Å². The molecule has 0 unspecified atom stereocenters. The molecule has 1 rings (SSSR count). The van der Waals surface area contributed by atoms with Gasteiger partial charge in [0.15, 0.2) is 0 Å². The lowest BCUT2D eigenvalue weighted by Crippen LogP contribution is -2.44. The molecule has 1 atom stereocenters. The van der Waals surface area contributed by atoms with Crippen molar-refractivity contribution in [2.45, 2.75) is 58.3 Å². The van der Waals surface area contributed by atoms with E-state index >= 15 is 0 Å². The van der Waals surface area contributed by atoms with Crippen LogP contribution >= 0.6 is 0 Å². The Bertz CT molecular complexity index is 614. The summed E-state index contributed by atoms with van der Waals surface area (Å²) in [7, 11) is 0. The van der Waals surface area contributed by atoms with Crippen molar-refractivity contribution < 1.29 is 23.9 Å². The van der Waals surface area contributed by atoms with Gasteiger partial charge in [-0.05, 0) is 45.6 Å². The fourth-order valence-electron chi connectivity index (χ4n) is 2.17. The third-order valence-electron chi connectivity index (χ3n) is 3.44. The summed E-state index contributed by atoms with van der Waals surface area (Å²) in [6, 6.07) is 8.38. The number of alkyl carbamates (subject to hydrolysis) is 2. The highest BCUT2D eigenvalue weighted by Crippen LogP contribution is 2.07. The Kier molecular flexibility index (Phi) is 9.12. The molecule has 0 spiro atoms. The molecule has 150 valence electrons. The van der Waals surface area contributed by atoms with Gasteiger partial charge in [0.25, 0.3) is 0 Å². The Morgan fingerprint density at radius 2 is 1.74 bits per heavy atom. The number of benzene rings is 1. The molecule has 0 aliphatic rings. The number of unbranched alkanes of at least 4 members (excludes halogenated alkanes) is 1. The van der Waals surface area contributed by atoms with Gasteiger partial charge in [-0.15, -0.1) is 0 Å². The summed E-state index contributed by atoms with van der Waals surface area (Å²) < 4.78 is 10.2. The standard InChI is InChI=1S/C19H29N3O5/c1-19(2,3)27-17(24)21-12-8-7-11-15(16(20)23)22-18(25)26-13-14-9-5-4-6-10-14/h4-6,9-10,15H,7-8,11-13H2,1-3H3,(H2,20,23)(H,21,24)(H,22,25)/t15-/m1/s1. The van der Waals surface area contributed by atoms with Gasteiger partial charge in [0.05, 0.1) is 0 Å². The van der Waals surface area contributed by atoms with Gasteiger partial charge in [-0.1, -0.05) is 30.3 Å². The lowest BCUT2D eigenvalue weighted by atomic mass is 10.1. The first-order chi connectivity index (χ1) is 12.7. The van der Waals surface area contributed by atoms with Crippen molar-refractivity contribution in [2.75, 3.05) is 6.54 Å². The summed E-state index contributed by atoms with van der Waals surface area (Å²) in [5, 5.41) is 5.10. The maximum absolute atomic E-state index is 11.8. The second-order valence-electron chi connectivity index (χ2n) is 7.09. The normalized spacial score (nSPS) is 12.0. The molecule has 3 amide bonds. The van der Waals surface area contributed by atoms with Crippen LogP contribution in [-0.2, 0) is 20.9 Å². The summed E-state index contributed by atoms with van der Waals surface area (Å²) in [5.41, 5.74) is 5.62. The minimum atomic E-state index is -0.824. The number of rotatable bonds is 9. The molecule has 8 heteroatoms. The smallest absolute Gasteiger partial charge is 0.408 e. The van der Waals surface area contributed by atoms with Crippen molar-refractivity contribution in [3.05, 3.63) is 35.9 Å². The van der Waals surface area contributed by atoms with E-state index in [1.807, 2.05) is 30.3 Å². The van der Waals surface area contributed by atoms with E-state index in [0.29, 0.717) is 25.8 Å². The first kappa shape index (κ1) is 22.3. The molecule has 0 fully saturated rings. The zero-order chi connectivity index (χ0) is 20.3. The van der Waals surface area contributed by atoms with Gasteiger partial charge in [-0.3, -0.25) is 4.79 Å². The van der Waals surface area contributed by atoms with Crippen LogP contribution in [-0.4, -0.2) is 36.3 Å². The average molecular weight is 379 g/mol. The fraction of sp³-hybridized carbons (Fsp3) is 0.526. The maximum atomic E-state index is 11.8. The highest BCUT2D eigenvalue weighted by molar-refractivity contribution is 5.84. The van der Waals surface area contributed by atoms with E-state index in [9.17, 15) is 14.4 Å². The molecule has 0 radical (unpaired) electrons. The molecule has 27 heavy (non-hydrogen) atoms. The van der Waals surface area contributed by atoms with Crippen LogP contribution in [0.25, 0.3) is 0 Å². The largest absolute Gasteiger partial charge is 0.445 e. The Balaban J connectivity index is 2.26. The highest BCUT2D eigenvalue weighted by atomic mass is 16.6. The van der Waals surface area contributed by atoms with Gasteiger partial charge in [-0.25, -0.2) is 9.59 Å². The Morgan fingerprint density at radius 3 is 2.33 bits per heavy atom. The summed E-state index contributed by atoms with van der Waals surface area (Å²) in [6.07, 6.45) is 0.365. The molecule has 0 saturated carbocycles. The van der Waals surface area contributed by atoms with Crippen molar-refractivity contribution >= 4 is 18.1 Å². The molecule has 0 aliphatic carbocycles. The number of hydrogen-bond acceptors (Lipinski definition) is 5. The monoisotopic (exact) mass is 379 g/mol. The van der Waals surface area contributed by atoms with Gasteiger partial charge in [0.1, 0.15) is 18.2 Å². The minimum absolute atomic E-state index is 0.109. The number of primary amides is 1. The van der Waals surface area contributed by atoms with E-state index in [2.05, 4.69) is 10.6 Å². The molecule has 0 bridgehead atoms. The molecule has 0 heterocycles. The highest BCUT2D eigenvalue weighted by Gasteiger charge is 2.19. The summed E-state index contributed by atoms with van der Waals surface area (Å²) in [4.78, 5) is 34.8. The lowest BCUT2D eigenvalue weighted by Gasteiger charge is -2.19. The SMILES string of the molecule is CC(C)(C)OC(=O)NCCCC[C@@H](NC(=O)OCc1ccccc1)C(N)=O. The van der Waals surface area contributed by atoms with Crippen LogP contribution in [0.1, 0.15) is 45.6 Å². The zero-order valence-corrected chi connectivity index (χ0v) is 16.1. The molecule has 0 aliphatic heterocycles. The van der Waals surface area contributed by atoms with Gasteiger partial charge in [0, 0.05) is 6.54 Å². The first-order valence-corrected chi connectivity index (χ1v) is 8.91. The predicted molar refractivity (Wildman–Crippen MR) is 101 cm³/mol. The molecule has 8 nitrogen and oxygen atoms in total. The molecule has 0 aromatic heterocycles.